The summed E-state index contributed by atoms with van der Waals surface area (Å²) in [6.07, 6.45) is 0. The smallest absolute Gasteiger partial charge is 0.0755 e. The average molecular weight is 233 g/mol. The van der Waals surface area contributed by atoms with E-state index in [0.29, 0.717) is 12.0 Å². The monoisotopic (exact) mass is 233 g/mol. The molecule has 0 radical (unpaired) electrons. The van der Waals surface area contributed by atoms with Crippen LogP contribution in [0.25, 0.3) is 0 Å². The molecule has 2 saturated heterocycles. The third-order valence-electron chi connectivity index (χ3n) is 3.65. The van der Waals surface area contributed by atoms with Gasteiger partial charge in [0.05, 0.1) is 31.4 Å². The Balaban J connectivity index is 1.98. The molecule has 92 valence electrons. The topological polar surface area (TPSA) is 21.7 Å². The zero-order valence-electron chi connectivity index (χ0n) is 10.4. The number of rotatable bonds is 1. The van der Waals surface area contributed by atoms with Crippen LogP contribution >= 0.6 is 0 Å². The van der Waals surface area contributed by atoms with E-state index < -0.39 is 0 Å². The largest absolute Gasteiger partial charge is 0.379 e. The van der Waals surface area contributed by atoms with Crippen molar-refractivity contribution in [2.24, 2.45) is 5.92 Å². The molecule has 0 spiro atoms. The van der Waals surface area contributed by atoms with Crippen molar-refractivity contribution in [1.82, 2.24) is 5.06 Å². The summed E-state index contributed by atoms with van der Waals surface area (Å²) in [4.78, 5) is 5.89. The molecule has 0 saturated carbocycles. The third-order valence-corrected chi connectivity index (χ3v) is 3.65. The Morgan fingerprint density at radius 2 is 1.94 bits per heavy atom. The van der Waals surface area contributed by atoms with Gasteiger partial charge in [-0.2, -0.15) is 5.06 Å². The van der Waals surface area contributed by atoms with Crippen LogP contribution in [0.5, 0.6) is 0 Å². The maximum atomic E-state index is 5.89. The minimum atomic E-state index is -0.0637. The number of hydroxylamine groups is 2. The lowest BCUT2D eigenvalue weighted by Gasteiger charge is -2.36. The predicted octanol–water partition coefficient (Wildman–Crippen LogP) is 2.40. The normalized spacial score (nSPS) is 35.5. The van der Waals surface area contributed by atoms with E-state index in [2.05, 4.69) is 49.2 Å². The minimum Gasteiger partial charge on any atom is -0.379 e. The second-order valence-corrected chi connectivity index (χ2v) is 5.56. The Labute approximate surface area is 102 Å². The van der Waals surface area contributed by atoms with Crippen LogP contribution in [0.3, 0.4) is 0 Å². The molecule has 2 heterocycles. The molecule has 2 aliphatic heterocycles. The first kappa shape index (κ1) is 11.2. The molecule has 1 aromatic rings. The highest BCUT2D eigenvalue weighted by atomic mass is 16.7. The molecule has 0 amide bonds. The zero-order valence-corrected chi connectivity index (χ0v) is 10.4. The van der Waals surface area contributed by atoms with Crippen molar-refractivity contribution in [3.05, 3.63) is 35.9 Å². The number of fused-ring (bicyclic) bond motifs is 2. The molecule has 3 heteroatoms. The molecule has 1 aromatic carbocycles. The van der Waals surface area contributed by atoms with E-state index in [4.69, 9.17) is 9.57 Å². The summed E-state index contributed by atoms with van der Waals surface area (Å²) in [5.41, 5.74) is 1.26. The van der Waals surface area contributed by atoms with Crippen molar-refractivity contribution in [2.75, 3.05) is 19.8 Å². The van der Waals surface area contributed by atoms with Crippen molar-refractivity contribution in [3.8, 4) is 0 Å². The van der Waals surface area contributed by atoms with Crippen LogP contribution in [-0.2, 0) is 9.57 Å². The zero-order chi connectivity index (χ0) is 11.9. The van der Waals surface area contributed by atoms with Gasteiger partial charge in [0.25, 0.3) is 0 Å². The number of hydrogen-bond donors (Lipinski definition) is 0. The molecule has 3 rings (SSSR count). The molecule has 17 heavy (non-hydrogen) atoms. The molecule has 2 bridgehead atoms. The standard InChI is InChI=1S/C14H19NO2/c1-14(2)10-16-8-12-9-17-15(14)13(12)11-6-4-3-5-7-11/h3-7,12-13H,8-10H2,1-2H3. The Morgan fingerprint density at radius 3 is 2.71 bits per heavy atom. The molecule has 2 aliphatic rings. The maximum absolute atomic E-state index is 5.89. The first-order valence-corrected chi connectivity index (χ1v) is 6.23. The molecular formula is C14H19NO2. The van der Waals surface area contributed by atoms with Crippen LogP contribution < -0.4 is 0 Å². The first-order valence-electron chi connectivity index (χ1n) is 6.23. The fourth-order valence-corrected chi connectivity index (χ4v) is 2.81. The van der Waals surface area contributed by atoms with E-state index in [-0.39, 0.29) is 5.54 Å². The summed E-state index contributed by atoms with van der Waals surface area (Å²) >= 11 is 0. The van der Waals surface area contributed by atoms with Gasteiger partial charge in [-0.05, 0) is 19.4 Å². The van der Waals surface area contributed by atoms with E-state index in [1.807, 2.05) is 0 Å². The highest BCUT2D eigenvalue weighted by molar-refractivity contribution is 5.21. The third kappa shape index (κ3) is 1.88. The highest BCUT2D eigenvalue weighted by Gasteiger charge is 2.46. The Kier molecular flexibility index (Phi) is 2.69. The molecule has 0 N–H and O–H groups in total. The summed E-state index contributed by atoms with van der Waals surface area (Å²) in [6.45, 7) is 6.64. The summed E-state index contributed by atoms with van der Waals surface area (Å²) in [5, 5.41) is 2.14. The Bertz CT molecular complexity index is 390. The summed E-state index contributed by atoms with van der Waals surface area (Å²) in [5.74, 6) is 0.444. The predicted molar refractivity (Wildman–Crippen MR) is 65.4 cm³/mol. The van der Waals surface area contributed by atoms with E-state index in [0.717, 1.165) is 19.8 Å². The van der Waals surface area contributed by atoms with Gasteiger partial charge in [-0.15, -0.1) is 0 Å². The molecular weight excluding hydrogens is 214 g/mol. The molecule has 3 atom stereocenters. The quantitative estimate of drug-likeness (QED) is 0.743. The summed E-state index contributed by atoms with van der Waals surface area (Å²) in [7, 11) is 0. The van der Waals surface area contributed by atoms with E-state index in [9.17, 15) is 0 Å². The lowest BCUT2D eigenvalue weighted by Crippen LogP contribution is -2.45. The van der Waals surface area contributed by atoms with Crippen LogP contribution in [0.2, 0.25) is 0 Å². The number of ether oxygens (including phenoxy) is 1. The molecule has 0 aromatic heterocycles. The Hall–Kier alpha value is -0.900. The van der Waals surface area contributed by atoms with Crippen molar-refractivity contribution in [1.29, 1.82) is 0 Å². The second kappa shape index (κ2) is 4.09. The van der Waals surface area contributed by atoms with E-state index >= 15 is 0 Å². The van der Waals surface area contributed by atoms with Gasteiger partial charge < -0.3 is 4.74 Å². The van der Waals surface area contributed by atoms with Gasteiger partial charge in [-0.1, -0.05) is 30.3 Å². The number of benzene rings is 1. The van der Waals surface area contributed by atoms with E-state index in [1.54, 1.807) is 0 Å². The maximum Gasteiger partial charge on any atom is 0.0755 e. The fourth-order valence-electron chi connectivity index (χ4n) is 2.81. The second-order valence-electron chi connectivity index (χ2n) is 5.56. The van der Waals surface area contributed by atoms with E-state index in [1.165, 1.54) is 5.56 Å². The minimum absolute atomic E-state index is 0.0637. The van der Waals surface area contributed by atoms with Gasteiger partial charge in [0.15, 0.2) is 0 Å². The van der Waals surface area contributed by atoms with Crippen LogP contribution in [0.15, 0.2) is 30.3 Å². The van der Waals surface area contributed by atoms with Crippen molar-refractivity contribution >= 4 is 0 Å². The van der Waals surface area contributed by atoms with Crippen LogP contribution in [0.1, 0.15) is 25.5 Å². The molecule has 2 fully saturated rings. The lowest BCUT2D eigenvalue weighted by molar-refractivity contribution is -0.207. The van der Waals surface area contributed by atoms with Gasteiger partial charge in [0.1, 0.15) is 0 Å². The van der Waals surface area contributed by atoms with Gasteiger partial charge in [0.2, 0.25) is 0 Å². The average Bonchev–Trinajstić information content (AvgIpc) is 2.68. The van der Waals surface area contributed by atoms with Crippen molar-refractivity contribution < 1.29 is 9.57 Å². The summed E-state index contributed by atoms with van der Waals surface area (Å²) < 4.78 is 5.77. The molecule has 0 aliphatic carbocycles. The van der Waals surface area contributed by atoms with Crippen LogP contribution in [0.4, 0.5) is 0 Å². The van der Waals surface area contributed by atoms with Gasteiger partial charge >= 0.3 is 0 Å². The Morgan fingerprint density at radius 1 is 1.18 bits per heavy atom. The summed E-state index contributed by atoms with van der Waals surface area (Å²) in [6, 6.07) is 10.9. The highest BCUT2D eigenvalue weighted by Crippen LogP contribution is 2.42. The number of hydrogen-bond acceptors (Lipinski definition) is 3. The van der Waals surface area contributed by atoms with Crippen LogP contribution in [-0.4, -0.2) is 30.4 Å². The lowest BCUT2D eigenvalue weighted by atomic mass is 9.93. The van der Waals surface area contributed by atoms with Crippen molar-refractivity contribution in [2.45, 2.75) is 25.4 Å². The van der Waals surface area contributed by atoms with Crippen LogP contribution in [0, 0.1) is 5.92 Å². The SMILES string of the molecule is CC1(C)COCC2CON1C2c1ccccc1. The van der Waals surface area contributed by atoms with Gasteiger partial charge in [0, 0.05) is 5.92 Å². The number of nitrogens with zero attached hydrogens (tertiary/aromatic N) is 1. The van der Waals surface area contributed by atoms with Gasteiger partial charge in [-0.25, -0.2) is 0 Å². The molecule has 3 nitrogen and oxygen atoms in total. The molecule has 3 unspecified atom stereocenters. The van der Waals surface area contributed by atoms with Crippen molar-refractivity contribution in [3.63, 3.8) is 0 Å². The van der Waals surface area contributed by atoms with Gasteiger partial charge in [-0.3, -0.25) is 4.84 Å². The first-order chi connectivity index (χ1) is 8.18. The fraction of sp³-hybridized carbons (Fsp3) is 0.571.